The van der Waals surface area contributed by atoms with Crippen molar-refractivity contribution in [1.82, 2.24) is 0 Å². The SMILES string of the molecule is CCc1ccc(C(=O)/C=C2\C(=O)Nc3ccccc32)cc1. The molecule has 0 radical (unpaired) electrons. The van der Waals surface area contributed by atoms with Gasteiger partial charge in [-0.25, -0.2) is 0 Å². The number of anilines is 1. The molecule has 1 heterocycles. The first kappa shape index (κ1) is 13.3. The van der Waals surface area contributed by atoms with E-state index in [2.05, 4.69) is 12.2 Å². The third-order valence-corrected chi connectivity index (χ3v) is 3.63. The standard InChI is InChI=1S/C18H15NO2/c1-2-12-7-9-13(10-8-12)17(20)11-15-14-5-3-4-6-16(14)19-18(15)21/h3-11H,2H2,1H3,(H,19,21)/b15-11-. The molecule has 1 aliphatic rings. The highest BCUT2D eigenvalue weighted by Crippen LogP contribution is 2.31. The molecule has 1 N–H and O–H groups in total. The maximum Gasteiger partial charge on any atom is 0.256 e. The smallest absolute Gasteiger partial charge is 0.256 e. The minimum absolute atomic E-state index is 0.153. The lowest BCUT2D eigenvalue weighted by molar-refractivity contribution is -0.110. The van der Waals surface area contributed by atoms with E-state index in [1.807, 2.05) is 36.4 Å². The van der Waals surface area contributed by atoms with E-state index in [1.54, 1.807) is 12.1 Å². The van der Waals surface area contributed by atoms with Gasteiger partial charge >= 0.3 is 0 Å². The van der Waals surface area contributed by atoms with Crippen molar-refractivity contribution in [2.45, 2.75) is 13.3 Å². The predicted molar refractivity (Wildman–Crippen MR) is 83.2 cm³/mol. The summed E-state index contributed by atoms with van der Waals surface area (Å²) >= 11 is 0. The van der Waals surface area contributed by atoms with Crippen LogP contribution in [0.2, 0.25) is 0 Å². The van der Waals surface area contributed by atoms with Crippen molar-refractivity contribution in [3.63, 3.8) is 0 Å². The fourth-order valence-electron chi connectivity index (χ4n) is 2.40. The minimum Gasteiger partial charge on any atom is -0.321 e. The van der Waals surface area contributed by atoms with Gasteiger partial charge in [0.15, 0.2) is 5.78 Å². The number of carbonyl (C=O) groups excluding carboxylic acids is 2. The van der Waals surface area contributed by atoms with Crippen molar-refractivity contribution in [2.24, 2.45) is 0 Å². The van der Waals surface area contributed by atoms with Crippen LogP contribution in [0, 0.1) is 0 Å². The van der Waals surface area contributed by atoms with Gasteiger partial charge in [0.05, 0.1) is 5.57 Å². The van der Waals surface area contributed by atoms with E-state index in [0.29, 0.717) is 11.1 Å². The van der Waals surface area contributed by atoms with E-state index in [0.717, 1.165) is 17.7 Å². The Morgan fingerprint density at radius 2 is 1.81 bits per heavy atom. The number of ketones is 1. The Balaban J connectivity index is 1.94. The van der Waals surface area contributed by atoms with Gasteiger partial charge in [0.25, 0.3) is 5.91 Å². The number of allylic oxidation sites excluding steroid dienone is 1. The van der Waals surface area contributed by atoms with E-state index in [-0.39, 0.29) is 11.7 Å². The summed E-state index contributed by atoms with van der Waals surface area (Å²) in [7, 11) is 0. The molecule has 2 aromatic rings. The van der Waals surface area contributed by atoms with Crippen molar-refractivity contribution in [3.8, 4) is 0 Å². The van der Waals surface area contributed by atoms with Gasteiger partial charge in [-0.2, -0.15) is 0 Å². The molecule has 2 aromatic carbocycles. The minimum atomic E-state index is -0.227. The summed E-state index contributed by atoms with van der Waals surface area (Å²) in [4.78, 5) is 24.3. The number of aryl methyl sites for hydroxylation is 1. The molecule has 21 heavy (non-hydrogen) atoms. The molecule has 0 saturated heterocycles. The molecule has 0 aromatic heterocycles. The second kappa shape index (κ2) is 5.37. The number of carbonyl (C=O) groups is 2. The first-order valence-corrected chi connectivity index (χ1v) is 6.94. The number of rotatable bonds is 3. The zero-order valence-corrected chi connectivity index (χ0v) is 11.7. The highest BCUT2D eigenvalue weighted by atomic mass is 16.2. The van der Waals surface area contributed by atoms with Gasteiger partial charge in [0.1, 0.15) is 0 Å². The quantitative estimate of drug-likeness (QED) is 0.689. The summed E-state index contributed by atoms with van der Waals surface area (Å²) in [6, 6.07) is 14.9. The molecule has 0 atom stereocenters. The lowest BCUT2D eigenvalue weighted by atomic mass is 10.0. The topological polar surface area (TPSA) is 46.2 Å². The average Bonchev–Trinajstić information content (AvgIpc) is 2.83. The van der Waals surface area contributed by atoms with Crippen molar-refractivity contribution >= 4 is 23.0 Å². The summed E-state index contributed by atoms with van der Waals surface area (Å²) in [5, 5.41) is 2.76. The van der Waals surface area contributed by atoms with E-state index in [9.17, 15) is 9.59 Å². The monoisotopic (exact) mass is 277 g/mol. The number of hydrogen-bond donors (Lipinski definition) is 1. The van der Waals surface area contributed by atoms with Gasteiger partial charge in [-0.1, -0.05) is 49.4 Å². The molecule has 0 spiro atoms. The van der Waals surface area contributed by atoms with E-state index in [4.69, 9.17) is 0 Å². The maximum atomic E-state index is 12.3. The van der Waals surface area contributed by atoms with E-state index >= 15 is 0 Å². The molecule has 0 fully saturated rings. The fourth-order valence-corrected chi connectivity index (χ4v) is 2.40. The zero-order chi connectivity index (χ0) is 14.8. The highest BCUT2D eigenvalue weighted by molar-refractivity contribution is 6.35. The maximum absolute atomic E-state index is 12.3. The summed E-state index contributed by atoms with van der Waals surface area (Å²) in [6.07, 6.45) is 2.35. The van der Waals surface area contributed by atoms with Crippen LogP contribution in [0.4, 0.5) is 5.69 Å². The predicted octanol–water partition coefficient (Wildman–Crippen LogP) is 3.47. The third kappa shape index (κ3) is 2.50. The van der Waals surface area contributed by atoms with Crippen LogP contribution in [0.5, 0.6) is 0 Å². The highest BCUT2D eigenvalue weighted by Gasteiger charge is 2.24. The number of fused-ring (bicyclic) bond motifs is 1. The Morgan fingerprint density at radius 3 is 2.52 bits per heavy atom. The fraction of sp³-hybridized carbons (Fsp3) is 0.111. The van der Waals surface area contributed by atoms with Crippen molar-refractivity contribution in [2.75, 3.05) is 5.32 Å². The van der Waals surface area contributed by atoms with Gasteiger partial charge in [-0.05, 0) is 24.1 Å². The zero-order valence-electron chi connectivity index (χ0n) is 11.7. The van der Waals surface area contributed by atoms with Crippen LogP contribution in [-0.4, -0.2) is 11.7 Å². The molecule has 0 saturated carbocycles. The van der Waals surface area contributed by atoms with Crippen LogP contribution < -0.4 is 5.32 Å². The second-order valence-electron chi connectivity index (χ2n) is 4.97. The average molecular weight is 277 g/mol. The molecule has 1 amide bonds. The molecular formula is C18H15NO2. The van der Waals surface area contributed by atoms with Crippen molar-refractivity contribution < 1.29 is 9.59 Å². The molecule has 3 rings (SSSR count). The number of nitrogens with one attached hydrogen (secondary N) is 1. The van der Waals surface area contributed by atoms with E-state index < -0.39 is 0 Å². The molecule has 3 heteroatoms. The van der Waals surface area contributed by atoms with Gasteiger partial charge < -0.3 is 5.32 Å². The van der Waals surface area contributed by atoms with Crippen LogP contribution in [-0.2, 0) is 11.2 Å². The lowest BCUT2D eigenvalue weighted by Crippen LogP contribution is -2.06. The molecule has 104 valence electrons. The summed E-state index contributed by atoms with van der Waals surface area (Å²) in [5.41, 5.74) is 3.74. The van der Waals surface area contributed by atoms with Gasteiger partial charge in [-0.3, -0.25) is 9.59 Å². The van der Waals surface area contributed by atoms with Crippen LogP contribution in [0.1, 0.15) is 28.4 Å². The van der Waals surface area contributed by atoms with Gasteiger partial charge in [-0.15, -0.1) is 0 Å². The van der Waals surface area contributed by atoms with Gasteiger partial charge in [0, 0.05) is 16.8 Å². The molecule has 0 bridgehead atoms. The number of hydrogen-bond acceptors (Lipinski definition) is 2. The van der Waals surface area contributed by atoms with Crippen LogP contribution in [0.3, 0.4) is 0 Å². The lowest BCUT2D eigenvalue weighted by Gasteiger charge is -2.00. The van der Waals surface area contributed by atoms with Crippen LogP contribution in [0.15, 0.2) is 54.6 Å². The molecule has 3 nitrogen and oxygen atoms in total. The molecule has 1 aliphatic heterocycles. The number of benzene rings is 2. The Hall–Kier alpha value is -2.68. The first-order chi connectivity index (χ1) is 10.2. The van der Waals surface area contributed by atoms with Crippen molar-refractivity contribution in [3.05, 3.63) is 71.3 Å². The number of para-hydroxylation sites is 1. The Labute approximate surface area is 123 Å². The molecule has 0 unspecified atom stereocenters. The summed E-state index contributed by atoms with van der Waals surface area (Å²) < 4.78 is 0. The first-order valence-electron chi connectivity index (χ1n) is 6.94. The Bertz CT molecular complexity index is 742. The van der Waals surface area contributed by atoms with Crippen LogP contribution >= 0.6 is 0 Å². The van der Waals surface area contributed by atoms with Crippen molar-refractivity contribution in [1.29, 1.82) is 0 Å². The Kier molecular flexibility index (Phi) is 3.40. The molecular weight excluding hydrogens is 262 g/mol. The number of amides is 1. The van der Waals surface area contributed by atoms with E-state index in [1.165, 1.54) is 11.6 Å². The van der Waals surface area contributed by atoms with Gasteiger partial charge in [0.2, 0.25) is 0 Å². The summed E-state index contributed by atoms with van der Waals surface area (Å²) in [6.45, 7) is 2.07. The Morgan fingerprint density at radius 1 is 1.10 bits per heavy atom. The third-order valence-electron chi connectivity index (χ3n) is 3.63. The summed E-state index contributed by atoms with van der Waals surface area (Å²) in [5.74, 6) is -0.380. The normalized spacial score (nSPS) is 14.9. The molecule has 0 aliphatic carbocycles. The second-order valence-corrected chi connectivity index (χ2v) is 4.97. The largest absolute Gasteiger partial charge is 0.321 e. The van der Waals surface area contributed by atoms with Crippen LogP contribution in [0.25, 0.3) is 5.57 Å².